The number of hydrogen-bond donors (Lipinski definition) is 2. The zero-order valence-electron chi connectivity index (χ0n) is 12.1. The molecule has 0 aromatic heterocycles. The second-order valence-corrected chi connectivity index (χ2v) is 6.70. The Hall–Kier alpha value is -0.940. The van der Waals surface area contributed by atoms with Crippen molar-refractivity contribution in [3.8, 4) is 0 Å². The van der Waals surface area contributed by atoms with Crippen molar-refractivity contribution in [2.24, 2.45) is 11.8 Å². The number of carboxylic acid groups (broad SMARTS) is 1. The van der Waals surface area contributed by atoms with Crippen LogP contribution in [0.25, 0.3) is 0 Å². The molecule has 5 heteroatoms. The fourth-order valence-corrected chi connectivity index (χ4v) is 3.44. The van der Waals surface area contributed by atoms with E-state index in [1.54, 1.807) is 12.1 Å². The number of aliphatic carboxylic acids is 1. The molecule has 116 valence electrons. The van der Waals surface area contributed by atoms with E-state index in [0.29, 0.717) is 12.1 Å². The van der Waals surface area contributed by atoms with Crippen LogP contribution in [0.15, 0.2) is 22.7 Å². The Bertz CT molecular complexity index is 509. The molecule has 0 spiro atoms. The van der Waals surface area contributed by atoms with Crippen molar-refractivity contribution in [1.82, 2.24) is 5.32 Å². The quantitative estimate of drug-likeness (QED) is 0.832. The van der Waals surface area contributed by atoms with Gasteiger partial charge in [0, 0.05) is 16.1 Å². The minimum Gasteiger partial charge on any atom is -0.481 e. The molecule has 1 aromatic carbocycles. The SMILES string of the molecule is CC(NCC1CCCCC1C(=O)O)c1cc(Br)ccc1F. The lowest BCUT2D eigenvalue weighted by Crippen LogP contribution is -2.35. The normalized spacial score (nSPS) is 23.8. The highest BCUT2D eigenvalue weighted by Crippen LogP contribution is 2.30. The first kappa shape index (κ1) is 16.4. The van der Waals surface area contributed by atoms with E-state index in [2.05, 4.69) is 21.2 Å². The summed E-state index contributed by atoms with van der Waals surface area (Å²) in [6.45, 7) is 2.52. The van der Waals surface area contributed by atoms with Crippen LogP contribution in [0.4, 0.5) is 4.39 Å². The first-order chi connectivity index (χ1) is 9.99. The van der Waals surface area contributed by atoms with E-state index < -0.39 is 5.97 Å². The van der Waals surface area contributed by atoms with Gasteiger partial charge >= 0.3 is 5.97 Å². The average Bonchev–Trinajstić information content (AvgIpc) is 2.47. The summed E-state index contributed by atoms with van der Waals surface area (Å²) in [4.78, 5) is 11.3. The summed E-state index contributed by atoms with van der Waals surface area (Å²) >= 11 is 3.35. The first-order valence-corrected chi connectivity index (χ1v) is 8.19. The van der Waals surface area contributed by atoms with E-state index in [4.69, 9.17) is 0 Å². The third kappa shape index (κ3) is 4.27. The molecular weight excluding hydrogens is 337 g/mol. The molecule has 0 bridgehead atoms. The van der Waals surface area contributed by atoms with Crippen LogP contribution in [0.2, 0.25) is 0 Å². The van der Waals surface area contributed by atoms with Crippen LogP contribution >= 0.6 is 15.9 Å². The van der Waals surface area contributed by atoms with Gasteiger partial charge < -0.3 is 10.4 Å². The van der Waals surface area contributed by atoms with Crippen LogP contribution in [-0.4, -0.2) is 17.6 Å². The summed E-state index contributed by atoms with van der Waals surface area (Å²) in [5.41, 5.74) is 0.604. The maximum Gasteiger partial charge on any atom is 0.306 e. The molecule has 0 aliphatic heterocycles. The number of rotatable bonds is 5. The van der Waals surface area contributed by atoms with Gasteiger partial charge in [-0.15, -0.1) is 0 Å². The molecule has 0 saturated heterocycles. The standard InChI is InChI=1S/C16H21BrFNO2/c1-10(14-8-12(17)6-7-15(14)18)19-9-11-4-2-3-5-13(11)16(20)21/h6-8,10-11,13,19H,2-5,9H2,1H3,(H,20,21). The fourth-order valence-electron chi connectivity index (χ4n) is 3.06. The van der Waals surface area contributed by atoms with E-state index in [1.807, 2.05) is 6.92 Å². The largest absolute Gasteiger partial charge is 0.481 e. The van der Waals surface area contributed by atoms with Crippen LogP contribution in [-0.2, 0) is 4.79 Å². The highest BCUT2D eigenvalue weighted by molar-refractivity contribution is 9.10. The van der Waals surface area contributed by atoms with Crippen LogP contribution in [0.3, 0.4) is 0 Å². The Morgan fingerprint density at radius 2 is 2.19 bits per heavy atom. The molecule has 3 atom stereocenters. The predicted octanol–water partition coefficient (Wildman–Crippen LogP) is 4.13. The van der Waals surface area contributed by atoms with Gasteiger partial charge in [-0.05, 0) is 50.4 Å². The summed E-state index contributed by atoms with van der Waals surface area (Å²) in [6, 6.07) is 4.74. The lowest BCUT2D eigenvalue weighted by Gasteiger charge is -2.30. The lowest BCUT2D eigenvalue weighted by molar-refractivity contribution is -0.144. The predicted molar refractivity (Wildman–Crippen MR) is 83.6 cm³/mol. The zero-order chi connectivity index (χ0) is 15.4. The van der Waals surface area contributed by atoms with Crippen LogP contribution in [0.5, 0.6) is 0 Å². The monoisotopic (exact) mass is 357 g/mol. The van der Waals surface area contributed by atoms with Gasteiger partial charge in [0.15, 0.2) is 0 Å². The molecule has 2 rings (SSSR count). The first-order valence-electron chi connectivity index (χ1n) is 7.40. The highest BCUT2D eigenvalue weighted by atomic mass is 79.9. The Morgan fingerprint density at radius 1 is 1.48 bits per heavy atom. The number of carboxylic acids is 1. The van der Waals surface area contributed by atoms with Crippen molar-refractivity contribution in [2.75, 3.05) is 6.54 Å². The zero-order valence-corrected chi connectivity index (χ0v) is 13.7. The van der Waals surface area contributed by atoms with Gasteiger partial charge in [0.2, 0.25) is 0 Å². The van der Waals surface area contributed by atoms with Gasteiger partial charge in [0.1, 0.15) is 5.82 Å². The van der Waals surface area contributed by atoms with Crippen molar-refractivity contribution in [2.45, 2.75) is 38.6 Å². The third-order valence-electron chi connectivity index (χ3n) is 4.34. The number of benzene rings is 1. The van der Waals surface area contributed by atoms with Gasteiger partial charge in [0.25, 0.3) is 0 Å². The Morgan fingerprint density at radius 3 is 2.90 bits per heavy atom. The third-order valence-corrected chi connectivity index (χ3v) is 4.83. The number of hydrogen-bond acceptors (Lipinski definition) is 2. The van der Waals surface area contributed by atoms with Crippen molar-refractivity contribution >= 4 is 21.9 Å². The topological polar surface area (TPSA) is 49.3 Å². The number of halogens is 2. The van der Waals surface area contributed by atoms with E-state index in [-0.39, 0.29) is 23.7 Å². The molecular formula is C16H21BrFNO2. The van der Waals surface area contributed by atoms with Gasteiger partial charge in [-0.2, -0.15) is 0 Å². The van der Waals surface area contributed by atoms with Crippen LogP contribution < -0.4 is 5.32 Å². The molecule has 0 amide bonds. The second kappa shape index (κ2) is 7.36. The summed E-state index contributed by atoms with van der Waals surface area (Å²) < 4.78 is 14.7. The molecule has 3 nitrogen and oxygen atoms in total. The molecule has 0 radical (unpaired) electrons. The smallest absolute Gasteiger partial charge is 0.306 e. The molecule has 1 aromatic rings. The second-order valence-electron chi connectivity index (χ2n) is 5.79. The number of nitrogens with one attached hydrogen (secondary N) is 1. The Balaban J connectivity index is 1.98. The van der Waals surface area contributed by atoms with E-state index in [9.17, 15) is 14.3 Å². The van der Waals surface area contributed by atoms with Gasteiger partial charge in [-0.3, -0.25) is 4.79 Å². The number of carbonyl (C=O) groups is 1. The molecule has 21 heavy (non-hydrogen) atoms. The van der Waals surface area contributed by atoms with E-state index in [0.717, 1.165) is 30.2 Å². The van der Waals surface area contributed by atoms with E-state index in [1.165, 1.54) is 6.07 Å². The Kier molecular flexibility index (Phi) is 5.76. The molecule has 2 N–H and O–H groups in total. The van der Waals surface area contributed by atoms with Crippen molar-refractivity contribution in [3.63, 3.8) is 0 Å². The fraction of sp³-hybridized carbons (Fsp3) is 0.562. The highest BCUT2D eigenvalue weighted by Gasteiger charge is 2.30. The Labute approximate surface area is 133 Å². The average molecular weight is 358 g/mol. The van der Waals surface area contributed by atoms with E-state index >= 15 is 0 Å². The van der Waals surface area contributed by atoms with Crippen LogP contribution in [0.1, 0.15) is 44.2 Å². The maximum atomic E-state index is 13.8. The summed E-state index contributed by atoms with van der Waals surface area (Å²) in [5, 5.41) is 12.6. The molecule has 1 fully saturated rings. The van der Waals surface area contributed by atoms with Gasteiger partial charge in [-0.25, -0.2) is 4.39 Å². The molecule has 3 unspecified atom stereocenters. The molecule has 1 aliphatic carbocycles. The maximum absolute atomic E-state index is 13.8. The molecule has 1 aliphatic rings. The van der Waals surface area contributed by atoms with Crippen LogP contribution in [0, 0.1) is 17.7 Å². The summed E-state index contributed by atoms with van der Waals surface area (Å²) in [7, 11) is 0. The van der Waals surface area contributed by atoms with Crippen molar-refractivity contribution in [1.29, 1.82) is 0 Å². The van der Waals surface area contributed by atoms with Crippen molar-refractivity contribution in [3.05, 3.63) is 34.1 Å². The molecule has 0 heterocycles. The minimum atomic E-state index is -0.706. The lowest BCUT2D eigenvalue weighted by atomic mass is 9.79. The van der Waals surface area contributed by atoms with Gasteiger partial charge in [0.05, 0.1) is 5.92 Å². The summed E-state index contributed by atoms with van der Waals surface area (Å²) in [5.74, 6) is -1.08. The minimum absolute atomic E-state index is 0.133. The summed E-state index contributed by atoms with van der Waals surface area (Å²) in [6.07, 6.45) is 3.75. The van der Waals surface area contributed by atoms with Gasteiger partial charge in [-0.1, -0.05) is 28.8 Å². The van der Waals surface area contributed by atoms with Crippen molar-refractivity contribution < 1.29 is 14.3 Å². The molecule has 1 saturated carbocycles.